The predicted octanol–water partition coefficient (Wildman–Crippen LogP) is 3.76. The van der Waals surface area contributed by atoms with Crippen LogP contribution in [0.15, 0.2) is 11.0 Å². The summed E-state index contributed by atoms with van der Waals surface area (Å²) >= 11 is 12.3. The number of nitrogens with one attached hydrogen (secondary N) is 1. The Morgan fingerprint density at radius 3 is 2.27 bits per heavy atom. The van der Waals surface area contributed by atoms with E-state index in [9.17, 15) is 8.42 Å². The molecule has 1 aromatic heterocycles. The van der Waals surface area contributed by atoms with Crippen molar-refractivity contribution in [1.82, 2.24) is 9.78 Å². The molecule has 0 saturated carbocycles. The first kappa shape index (κ1) is 17.1. The molecule has 5 nitrogen and oxygen atoms in total. The molecule has 8 heteroatoms. The lowest BCUT2D eigenvalue weighted by atomic mass is 10.2. The van der Waals surface area contributed by atoms with E-state index in [0.717, 1.165) is 0 Å². The van der Waals surface area contributed by atoms with Crippen molar-refractivity contribution in [3.63, 3.8) is 0 Å². The summed E-state index contributed by atoms with van der Waals surface area (Å²) in [5, 5.41) is 4.74. The fraction of sp³-hybridized carbons (Fsp3) is 0.357. The van der Waals surface area contributed by atoms with Gasteiger partial charge in [0.1, 0.15) is 4.90 Å². The second kappa shape index (κ2) is 5.76. The van der Waals surface area contributed by atoms with Gasteiger partial charge in [0.15, 0.2) is 0 Å². The van der Waals surface area contributed by atoms with Gasteiger partial charge in [0.05, 0.1) is 22.1 Å². The Kier molecular flexibility index (Phi) is 4.48. The van der Waals surface area contributed by atoms with Crippen LogP contribution in [0.4, 0.5) is 5.69 Å². The number of rotatable bonds is 3. The highest BCUT2D eigenvalue weighted by Crippen LogP contribution is 2.35. The molecular formula is C14H17Cl2N3O2S. The van der Waals surface area contributed by atoms with Crippen LogP contribution in [0, 0.1) is 27.7 Å². The van der Waals surface area contributed by atoms with Gasteiger partial charge in [0.2, 0.25) is 0 Å². The number of benzene rings is 1. The molecule has 0 amide bonds. The van der Waals surface area contributed by atoms with E-state index in [0.29, 0.717) is 33.2 Å². The minimum Gasteiger partial charge on any atom is -0.276 e. The number of anilines is 1. The minimum atomic E-state index is -3.87. The average Bonchev–Trinajstić information content (AvgIpc) is 2.63. The van der Waals surface area contributed by atoms with Crippen LogP contribution in [-0.2, 0) is 17.1 Å². The topological polar surface area (TPSA) is 64.0 Å². The molecule has 0 aliphatic carbocycles. The zero-order valence-electron chi connectivity index (χ0n) is 13.0. The number of nitrogens with zero attached hydrogens (tertiary/aromatic N) is 2. The molecule has 1 N–H and O–H groups in total. The Morgan fingerprint density at radius 2 is 1.77 bits per heavy atom. The van der Waals surface area contributed by atoms with Crippen molar-refractivity contribution >= 4 is 38.9 Å². The Bertz CT molecular complexity index is 831. The van der Waals surface area contributed by atoms with Crippen molar-refractivity contribution in [3.05, 3.63) is 38.6 Å². The molecule has 1 heterocycles. The van der Waals surface area contributed by atoms with Crippen LogP contribution in [0.5, 0.6) is 0 Å². The van der Waals surface area contributed by atoms with Crippen molar-refractivity contribution in [3.8, 4) is 0 Å². The summed E-state index contributed by atoms with van der Waals surface area (Å²) < 4.78 is 29.7. The third-order valence-electron chi connectivity index (χ3n) is 3.60. The van der Waals surface area contributed by atoms with Crippen LogP contribution in [0.1, 0.15) is 22.5 Å². The Labute approximate surface area is 140 Å². The summed E-state index contributed by atoms with van der Waals surface area (Å²) in [6, 6.07) is 1.65. The molecule has 0 fully saturated rings. The quantitative estimate of drug-likeness (QED) is 0.904. The van der Waals surface area contributed by atoms with Gasteiger partial charge in [-0.15, -0.1) is 0 Å². The molecule has 0 unspecified atom stereocenters. The van der Waals surface area contributed by atoms with E-state index in [1.165, 1.54) is 0 Å². The summed E-state index contributed by atoms with van der Waals surface area (Å²) in [5.74, 6) is 0. The van der Waals surface area contributed by atoms with E-state index >= 15 is 0 Å². The van der Waals surface area contributed by atoms with Gasteiger partial charge in [0.25, 0.3) is 10.0 Å². The third kappa shape index (κ3) is 2.83. The molecule has 0 saturated heterocycles. The van der Waals surface area contributed by atoms with E-state index in [1.807, 2.05) is 0 Å². The summed E-state index contributed by atoms with van der Waals surface area (Å²) in [6.07, 6.45) is 0. The fourth-order valence-electron chi connectivity index (χ4n) is 2.24. The van der Waals surface area contributed by atoms with E-state index in [4.69, 9.17) is 23.2 Å². The van der Waals surface area contributed by atoms with Crippen LogP contribution < -0.4 is 4.72 Å². The predicted molar refractivity (Wildman–Crippen MR) is 89.4 cm³/mol. The fourth-order valence-corrected chi connectivity index (χ4v) is 4.63. The van der Waals surface area contributed by atoms with Crippen molar-refractivity contribution in [2.75, 3.05) is 4.72 Å². The molecule has 0 bridgehead atoms. The largest absolute Gasteiger partial charge is 0.276 e. The molecule has 0 radical (unpaired) electrons. The average molecular weight is 362 g/mol. The van der Waals surface area contributed by atoms with Crippen molar-refractivity contribution in [1.29, 1.82) is 0 Å². The molecule has 2 aromatic rings. The smallest absolute Gasteiger partial charge is 0.263 e. The number of halogens is 2. The van der Waals surface area contributed by atoms with Gasteiger partial charge in [-0.1, -0.05) is 23.2 Å². The second-order valence-corrected chi connectivity index (χ2v) is 7.62. The number of hydrogen-bond donors (Lipinski definition) is 1. The van der Waals surface area contributed by atoms with Gasteiger partial charge in [-0.05, 0) is 44.9 Å². The van der Waals surface area contributed by atoms with Gasteiger partial charge in [0, 0.05) is 12.1 Å². The Hall–Kier alpha value is -1.24. The SMILES string of the molecule is Cc1cc(Cl)c(C)c(S(=O)(=O)Nc2c(C)nn(C)c2C)c1Cl. The highest BCUT2D eigenvalue weighted by molar-refractivity contribution is 7.93. The standard InChI is InChI=1S/C14H17Cl2N3O2S/c1-7-6-11(15)8(2)14(12(7)16)22(20,21)18-13-9(3)17-19(5)10(13)4/h6,18H,1-5H3. The maximum Gasteiger partial charge on any atom is 0.263 e. The maximum absolute atomic E-state index is 12.8. The number of aryl methyl sites for hydroxylation is 3. The van der Waals surface area contributed by atoms with Gasteiger partial charge < -0.3 is 0 Å². The van der Waals surface area contributed by atoms with Gasteiger partial charge in [-0.25, -0.2) is 8.42 Å². The van der Waals surface area contributed by atoms with Crippen molar-refractivity contribution in [2.45, 2.75) is 32.6 Å². The lowest BCUT2D eigenvalue weighted by molar-refractivity contribution is 0.600. The molecule has 0 aliphatic rings. The van der Waals surface area contributed by atoms with Crippen molar-refractivity contribution < 1.29 is 8.42 Å². The number of hydrogen-bond acceptors (Lipinski definition) is 3. The highest BCUT2D eigenvalue weighted by Gasteiger charge is 2.26. The minimum absolute atomic E-state index is 0.00168. The lowest BCUT2D eigenvalue weighted by Crippen LogP contribution is -2.16. The van der Waals surface area contributed by atoms with E-state index in [-0.39, 0.29) is 9.92 Å². The van der Waals surface area contributed by atoms with Crippen LogP contribution >= 0.6 is 23.2 Å². The first-order valence-corrected chi connectivity index (χ1v) is 8.78. The van der Waals surface area contributed by atoms with Crippen molar-refractivity contribution in [2.24, 2.45) is 7.05 Å². The van der Waals surface area contributed by atoms with E-state index in [1.54, 1.807) is 45.5 Å². The van der Waals surface area contributed by atoms with E-state index in [2.05, 4.69) is 9.82 Å². The van der Waals surface area contributed by atoms with E-state index < -0.39 is 10.0 Å². The van der Waals surface area contributed by atoms with Crippen LogP contribution in [0.25, 0.3) is 0 Å². The maximum atomic E-state index is 12.8. The highest BCUT2D eigenvalue weighted by atomic mass is 35.5. The zero-order valence-corrected chi connectivity index (χ0v) is 15.3. The Morgan fingerprint density at radius 1 is 1.18 bits per heavy atom. The second-order valence-electron chi connectivity index (χ2n) is 5.22. The zero-order chi connectivity index (χ0) is 16.8. The monoisotopic (exact) mass is 361 g/mol. The summed E-state index contributed by atoms with van der Waals surface area (Å²) in [4.78, 5) is 0.00168. The number of aromatic nitrogens is 2. The first-order valence-electron chi connectivity index (χ1n) is 6.54. The van der Waals surface area contributed by atoms with Gasteiger partial charge >= 0.3 is 0 Å². The molecule has 1 aromatic carbocycles. The van der Waals surface area contributed by atoms with Crippen LogP contribution in [0.3, 0.4) is 0 Å². The molecule has 22 heavy (non-hydrogen) atoms. The molecular weight excluding hydrogens is 345 g/mol. The molecule has 2 rings (SSSR count). The lowest BCUT2D eigenvalue weighted by Gasteiger charge is -2.15. The van der Waals surface area contributed by atoms with Crippen LogP contribution in [-0.4, -0.2) is 18.2 Å². The van der Waals surface area contributed by atoms with Gasteiger partial charge in [-0.3, -0.25) is 9.40 Å². The normalized spacial score (nSPS) is 11.8. The van der Waals surface area contributed by atoms with Gasteiger partial charge in [-0.2, -0.15) is 5.10 Å². The third-order valence-corrected chi connectivity index (χ3v) is 6.11. The molecule has 0 aliphatic heterocycles. The molecule has 0 atom stereocenters. The summed E-state index contributed by atoms with van der Waals surface area (Å²) in [7, 11) is -2.12. The Balaban J connectivity index is 2.62. The number of sulfonamides is 1. The summed E-state index contributed by atoms with van der Waals surface area (Å²) in [5.41, 5.74) is 2.79. The molecule has 120 valence electrons. The van der Waals surface area contributed by atoms with Crippen LogP contribution in [0.2, 0.25) is 10.0 Å². The first-order chi connectivity index (χ1) is 10.1. The summed E-state index contributed by atoms with van der Waals surface area (Å²) in [6.45, 7) is 6.87. The molecule has 0 spiro atoms.